The molecule has 0 aliphatic rings. The fraction of sp³-hybridized carbons (Fsp3) is 0.667. The summed E-state index contributed by atoms with van der Waals surface area (Å²) in [4.78, 5) is 7.97. The normalized spacial score (nSPS) is 13.2. The Morgan fingerprint density at radius 3 is 2.45 bits per heavy atom. The Morgan fingerprint density at radius 1 is 1.30 bits per heavy atom. The smallest absolute Gasteiger partial charge is 0.243 e. The number of hydrogen-bond acceptors (Lipinski definition) is 6. The van der Waals surface area contributed by atoms with Gasteiger partial charge in [-0.05, 0) is 13.3 Å². The van der Waals surface area contributed by atoms with E-state index in [4.69, 9.17) is 4.74 Å². The van der Waals surface area contributed by atoms with E-state index in [1.165, 1.54) is 12.4 Å². The standard InChI is InChI=1S/C12H22N4O3S/c1-4-6-10(9-19-3)16-20(17,18)11-7-14-12(13-5-2)15-8-11/h7-8,10,16H,4-6,9H2,1-3H3,(H,13,14,15). The van der Waals surface area contributed by atoms with Gasteiger partial charge in [0.15, 0.2) is 0 Å². The van der Waals surface area contributed by atoms with Crippen molar-refractivity contribution in [2.45, 2.75) is 37.6 Å². The topological polar surface area (TPSA) is 93.2 Å². The summed E-state index contributed by atoms with van der Waals surface area (Å²) in [5, 5.41) is 2.91. The van der Waals surface area contributed by atoms with Crippen LogP contribution in [0.1, 0.15) is 26.7 Å². The Hall–Kier alpha value is -1.25. The van der Waals surface area contributed by atoms with E-state index >= 15 is 0 Å². The minimum atomic E-state index is -3.62. The maximum Gasteiger partial charge on any atom is 0.243 e. The minimum absolute atomic E-state index is 0.0522. The third-order valence-electron chi connectivity index (χ3n) is 2.60. The van der Waals surface area contributed by atoms with E-state index < -0.39 is 10.0 Å². The zero-order valence-corrected chi connectivity index (χ0v) is 12.9. The fourth-order valence-electron chi connectivity index (χ4n) is 1.72. The fourth-order valence-corrected chi connectivity index (χ4v) is 2.86. The Balaban J connectivity index is 2.80. The summed E-state index contributed by atoms with van der Waals surface area (Å²) in [5.74, 6) is 0.411. The second-order valence-electron chi connectivity index (χ2n) is 4.33. The van der Waals surface area contributed by atoms with Gasteiger partial charge in [0.05, 0.1) is 19.0 Å². The molecule has 1 rings (SSSR count). The average Bonchev–Trinajstić information content (AvgIpc) is 2.40. The monoisotopic (exact) mass is 302 g/mol. The number of aromatic nitrogens is 2. The van der Waals surface area contributed by atoms with E-state index in [-0.39, 0.29) is 10.9 Å². The van der Waals surface area contributed by atoms with Crippen LogP contribution in [0.5, 0.6) is 0 Å². The molecule has 0 bridgehead atoms. The highest BCUT2D eigenvalue weighted by Crippen LogP contribution is 2.10. The lowest BCUT2D eigenvalue weighted by Crippen LogP contribution is -2.38. The molecule has 20 heavy (non-hydrogen) atoms. The largest absolute Gasteiger partial charge is 0.383 e. The summed E-state index contributed by atoms with van der Waals surface area (Å²) in [6.07, 6.45) is 4.17. The van der Waals surface area contributed by atoms with Gasteiger partial charge >= 0.3 is 0 Å². The highest BCUT2D eigenvalue weighted by Gasteiger charge is 2.20. The minimum Gasteiger partial charge on any atom is -0.383 e. The van der Waals surface area contributed by atoms with E-state index in [9.17, 15) is 8.42 Å². The zero-order valence-electron chi connectivity index (χ0n) is 12.1. The van der Waals surface area contributed by atoms with Crippen molar-refractivity contribution in [1.82, 2.24) is 14.7 Å². The molecule has 0 aliphatic heterocycles. The number of methoxy groups -OCH3 is 1. The van der Waals surface area contributed by atoms with Crippen molar-refractivity contribution in [2.75, 3.05) is 25.6 Å². The number of rotatable bonds is 9. The number of nitrogens with zero attached hydrogens (tertiary/aromatic N) is 2. The van der Waals surface area contributed by atoms with Crippen LogP contribution >= 0.6 is 0 Å². The van der Waals surface area contributed by atoms with Crippen LogP contribution in [0.3, 0.4) is 0 Å². The third kappa shape index (κ3) is 5.03. The van der Waals surface area contributed by atoms with Gasteiger partial charge in [0, 0.05) is 19.7 Å². The first kappa shape index (κ1) is 16.8. The van der Waals surface area contributed by atoms with Crippen LogP contribution in [0.25, 0.3) is 0 Å². The van der Waals surface area contributed by atoms with Crippen LogP contribution in [0, 0.1) is 0 Å². The molecule has 0 saturated heterocycles. The molecule has 0 aliphatic carbocycles. The SMILES string of the molecule is CCCC(COC)NS(=O)(=O)c1cnc(NCC)nc1. The van der Waals surface area contributed by atoms with Gasteiger partial charge in [-0.15, -0.1) is 0 Å². The second kappa shape index (κ2) is 8.13. The summed E-state index contributed by atoms with van der Waals surface area (Å²) in [6, 6.07) is -0.247. The molecule has 0 amide bonds. The molecular formula is C12H22N4O3S. The van der Waals surface area contributed by atoms with Crippen LogP contribution in [0.2, 0.25) is 0 Å². The summed E-state index contributed by atoms with van der Waals surface area (Å²) in [5.41, 5.74) is 0. The summed E-state index contributed by atoms with van der Waals surface area (Å²) in [6.45, 7) is 4.92. The lowest BCUT2D eigenvalue weighted by atomic mass is 10.2. The van der Waals surface area contributed by atoms with E-state index in [1.807, 2.05) is 13.8 Å². The van der Waals surface area contributed by atoms with Gasteiger partial charge in [-0.2, -0.15) is 0 Å². The Labute approximate surface area is 120 Å². The maximum absolute atomic E-state index is 12.2. The molecular weight excluding hydrogens is 280 g/mol. The molecule has 1 unspecified atom stereocenters. The first-order valence-corrected chi connectivity index (χ1v) is 8.09. The van der Waals surface area contributed by atoms with E-state index in [0.717, 1.165) is 6.42 Å². The van der Waals surface area contributed by atoms with Gasteiger partial charge < -0.3 is 10.1 Å². The Bertz CT molecular complexity index is 484. The van der Waals surface area contributed by atoms with Gasteiger partial charge in [-0.3, -0.25) is 0 Å². The van der Waals surface area contributed by atoms with Gasteiger partial charge in [0.2, 0.25) is 16.0 Å². The lowest BCUT2D eigenvalue weighted by molar-refractivity contribution is 0.171. The molecule has 114 valence electrons. The molecule has 0 saturated carbocycles. The number of nitrogens with one attached hydrogen (secondary N) is 2. The summed E-state index contributed by atoms with van der Waals surface area (Å²) >= 11 is 0. The molecule has 8 heteroatoms. The van der Waals surface area contributed by atoms with Crippen LogP contribution < -0.4 is 10.0 Å². The average molecular weight is 302 g/mol. The molecule has 0 fully saturated rings. The molecule has 1 aromatic heterocycles. The van der Waals surface area contributed by atoms with E-state index in [0.29, 0.717) is 25.5 Å². The van der Waals surface area contributed by atoms with Crippen molar-refractivity contribution in [3.8, 4) is 0 Å². The van der Waals surface area contributed by atoms with Gasteiger partial charge in [0.25, 0.3) is 0 Å². The van der Waals surface area contributed by atoms with Crippen molar-refractivity contribution < 1.29 is 13.2 Å². The van der Waals surface area contributed by atoms with E-state index in [2.05, 4.69) is 20.0 Å². The zero-order chi connectivity index (χ0) is 15.0. The summed E-state index contributed by atoms with van der Waals surface area (Å²) in [7, 11) is -2.07. The number of hydrogen-bond donors (Lipinski definition) is 2. The molecule has 1 atom stereocenters. The van der Waals surface area contributed by atoms with Crippen LogP contribution in [-0.4, -0.2) is 44.7 Å². The quantitative estimate of drug-likeness (QED) is 0.707. The molecule has 7 nitrogen and oxygen atoms in total. The molecule has 1 aromatic rings. The first-order valence-electron chi connectivity index (χ1n) is 6.60. The molecule has 0 spiro atoms. The molecule has 0 radical (unpaired) electrons. The van der Waals surface area contributed by atoms with E-state index in [1.54, 1.807) is 7.11 Å². The Morgan fingerprint density at radius 2 is 1.95 bits per heavy atom. The van der Waals surface area contributed by atoms with Crippen molar-refractivity contribution in [2.24, 2.45) is 0 Å². The third-order valence-corrected chi connectivity index (χ3v) is 4.08. The van der Waals surface area contributed by atoms with Gasteiger partial charge in [0.1, 0.15) is 4.90 Å². The molecule has 0 aromatic carbocycles. The van der Waals surface area contributed by atoms with Crippen LogP contribution in [-0.2, 0) is 14.8 Å². The Kier molecular flexibility index (Phi) is 6.83. The second-order valence-corrected chi connectivity index (χ2v) is 6.05. The van der Waals surface area contributed by atoms with Crippen molar-refractivity contribution in [3.63, 3.8) is 0 Å². The predicted molar refractivity (Wildman–Crippen MR) is 77.1 cm³/mol. The highest BCUT2D eigenvalue weighted by atomic mass is 32.2. The predicted octanol–water partition coefficient (Wildman–Crippen LogP) is 1.00. The highest BCUT2D eigenvalue weighted by molar-refractivity contribution is 7.89. The first-order chi connectivity index (χ1) is 9.53. The van der Waals surface area contributed by atoms with Crippen LogP contribution in [0.15, 0.2) is 17.3 Å². The van der Waals surface area contributed by atoms with Crippen molar-refractivity contribution in [3.05, 3.63) is 12.4 Å². The maximum atomic E-state index is 12.2. The van der Waals surface area contributed by atoms with Crippen LogP contribution in [0.4, 0.5) is 5.95 Å². The van der Waals surface area contributed by atoms with Gasteiger partial charge in [-0.25, -0.2) is 23.1 Å². The van der Waals surface area contributed by atoms with Gasteiger partial charge in [-0.1, -0.05) is 13.3 Å². The molecule has 1 heterocycles. The van der Waals surface area contributed by atoms with Crippen molar-refractivity contribution >= 4 is 16.0 Å². The number of sulfonamides is 1. The number of ether oxygens (including phenoxy) is 1. The lowest BCUT2D eigenvalue weighted by Gasteiger charge is -2.17. The molecule has 2 N–H and O–H groups in total. The van der Waals surface area contributed by atoms with Crippen molar-refractivity contribution in [1.29, 1.82) is 0 Å². The number of anilines is 1. The summed E-state index contributed by atoms with van der Waals surface area (Å²) < 4.78 is 32.0.